The number of anilines is 1. The lowest BCUT2D eigenvalue weighted by Gasteiger charge is -2.08. The van der Waals surface area contributed by atoms with Gasteiger partial charge >= 0.3 is 5.97 Å². The van der Waals surface area contributed by atoms with Crippen LogP contribution in [0.15, 0.2) is 18.2 Å². The standard InChI is InChI=1S/C13H19NO4/c1-2-17-12-6-5-10(9-11(12)14)13(16)18-8-4-3-7-15/h5-6,9,15H,2-4,7-8,14H2,1H3. The van der Waals surface area contributed by atoms with Gasteiger partial charge in [0.25, 0.3) is 0 Å². The van der Waals surface area contributed by atoms with Crippen molar-refractivity contribution >= 4 is 11.7 Å². The zero-order valence-electron chi connectivity index (χ0n) is 10.5. The number of rotatable bonds is 7. The Bertz CT molecular complexity index is 393. The molecule has 0 atom stereocenters. The molecule has 0 amide bonds. The van der Waals surface area contributed by atoms with E-state index < -0.39 is 5.97 Å². The van der Waals surface area contributed by atoms with Crippen molar-refractivity contribution in [3.05, 3.63) is 23.8 Å². The van der Waals surface area contributed by atoms with Crippen LogP contribution in [0.1, 0.15) is 30.1 Å². The number of carbonyl (C=O) groups is 1. The molecule has 0 saturated carbocycles. The fraction of sp³-hybridized carbons (Fsp3) is 0.462. The average molecular weight is 253 g/mol. The maximum Gasteiger partial charge on any atom is 0.338 e. The van der Waals surface area contributed by atoms with Crippen LogP contribution in [0, 0.1) is 0 Å². The zero-order chi connectivity index (χ0) is 13.4. The lowest BCUT2D eigenvalue weighted by atomic mass is 10.2. The molecule has 18 heavy (non-hydrogen) atoms. The number of nitrogen functional groups attached to an aromatic ring is 1. The van der Waals surface area contributed by atoms with Gasteiger partial charge in [0.2, 0.25) is 0 Å². The molecule has 0 aliphatic heterocycles. The van der Waals surface area contributed by atoms with Crippen molar-refractivity contribution in [2.24, 2.45) is 0 Å². The summed E-state index contributed by atoms with van der Waals surface area (Å²) in [7, 11) is 0. The summed E-state index contributed by atoms with van der Waals surface area (Å²) in [6.07, 6.45) is 1.27. The summed E-state index contributed by atoms with van der Waals surface area (Å²) in [5.41, 5.74) is 6.58. The highest BCUT2D eigenvalue weighted by Crippen LogP contribution is 2.22. The lowest BCUT2D eigenvalue weighted by Crippen LogP contribution is -2.08. The third-order valence-corrected chi connectivity index (χ3v) is 2.33. The van der Waals surface area contributed by atoms with Gasteiger partial charge in [-0.1, -0.05) is 0 Å². The molecule has 0 radical (unpaired) electrons. The Morgan fingerprint density at radius 3 is 2.78 bits per heavy atom. The highest BCUT2D eigenvalue weighted by atomic mass is 16.5. The molecular weight excluding hydrogens is 234 g/mol. The normalized spacial score (nSPS) is 10.1. The summed E-state index contributed by atoms with van der Waals surface area (Å²) in [6.45, 7) is 2.79. The largest absolute Gasteiger partial charge is 0.492 e. The van der Waals surface area contributed by atoms with Crippen LogP contribution in [0.3, 0.4) is 0 Å². The first-order valence-electron chi connectivity index (χ1n) is 5.99. The number of nitrogens with two attached hydrogens (primary N) is 1. The molecule has 3 N–H and O–H groups in total. The lowest BCUT2D eigenvalue weighted by molar-refractivity contribution is 0.0492. The molecule has 5 nitrogen and oxygen atoms in total. The molecule has 1 rings (SSSR count). The molecule has 0 heterocycles. The van der Waals surface area contributed by atoms with Crippen LogP contribution >= 0.6 is 0 Å². The van der Waals surface area contributed by atoms with E-state index in [9.17, 15) is 4.79 Å². The summed E-state index contributed by atoms with van der Waals surface area (Å²) in [4.78, 5) is 11.6. The minimum Gasteiger partial charge on any atom is -0.492 e. The molecule has 0 aromatic heterocycles. The fourth-order valence-corrected chi connectivity index (χ4v) is 1.42. The van der Waals surface area contributed by atoms with Gasteiger partial charge in [0.05, 0.1) is 24.5 Å². The number of ether oxygens (including phenoxy) is 2. The summed E-state index contributed by atoms with van der Waals surface area (Å²) in [5, 5.41) is 8.60. The second-order valence-corrected chi connectivity index (χ2v) is 3.75. The van der Waals surface area contributed by atoms with Crippen LogP contribution in [-0.4, -0.2) is 30.9 Å². The Balaban J connectivity index is 2.55. The average Bonchev–Trinajstić information content (AvgIpc) is 2.37. The highest BCUT2D eigenvalue weighted by Gasteiger charge is 2.09. The summed E-state index contributed by atoms with van der Waals surface area (Å²) in [5.74, 6) is 0.150. The maximum absolute atomic E-state index is 11.6. The van der Waals surface area contributed by atoms with Gasteiger partial charge in [-0.15, -0.1) is 0 Å². The molecule has 0 bridgehead atoms. The number of esters is 1. The van der Waals surface area contributed by atoms with Gasteiger partial charge in [0.1, 0.15) is 5.75 Å². The molecule has 0 spiro atoms. The summed E-state index contributed by atoms with van der Waals surface area (Å²) < 4.78 is 10.3. The summed E-state index contributed by atoms with van der Waals surface area (Å²) in [6, 6.07) is 4.82. The highest BCUT2D eigenvalue weighted by molar-refractivity contribution is 5.91. The van der Waals surface area contributed by atoms with Crippen molar-refractivity contribution in [3.63, 3.8) is 0 Å². The number of hydrogen-bond acceptors (Lipinski definition) is 5. The van der Waals surface area contributed by atoms with Gasteiger partial charge in [-0.3, -0.25) is 0 Å². The van der Waals surface area contributed by atoms with E-state index in [1.165, 1.54) is 0 Å². The Morgan fingerprint density at radius 2 is 2.17 bits per heavy atom. The van der Waals surface area contributed by atoms with Gasteiger partial charge in [0.15, 0.2) is 0 Å². The topological polar surface area (TPSA) is 81.8 Å². The van der Waals surface area contributed by atoms with E-state index in [1.807, 2.05) is 6.92 Å². The maximum atomic E-state index is 11.6. The van der Waals surface area contributed by atoms with E-state index in [0.29, 0.717) is 43.1 Å². The monoisotopic (exact) mass is 253 g/mol. The van der Waals surface area contributed by atoms with E-state index in [0.717, 1.165) is 0 Å². The predicted molar refractivity (Wildman–Crippen MR) is 68.6 cm³/mol. The molecule has 0 fully saturated rings. The van der Waals surface area contributed by atoms with Crippen LogP contribution < -0.4 is 10.5 Å². The Morgan fingerprint density at radius 1 is 1.39 bits per heavy atom. The zero-order valence-corrected chi connectivity index (χ0v) is 10.5. The quantitative estimate of drug-likeness (QED) is 0.438. The SMILES string of the molecule is CCOc1ccc(C(=O)OCCCCO)cc1N. The van der Waals surface area contributed by atoms with Gasteiger partial charge in [-0.05, 0) is 38.0 Å². The number of benzene rings is 1. The second kappa shape index (κ2) is 7.55. The molecule has 0 saturated heterocycles. The Labute approximate surface area is 107 Å². The van der Waals surface area contributed by atoms with Crippen LogP contribution in [0.4, 0.5) is 5.69 Å². The van der Waals surface area contributed by atoms with Crippen LogP contribution in [0.2, 0.25) is 0 Å². The molecular formula is C13H19NO4. The number of hydrogen-bond donors (Lipinski definition) is 2. The first-order chi connectivity index (χ1) is 8.69. The number of unbranched alkanes of at least 4 members (excludes halogenated alkanes) is 1. The van der Waals surface area contributed by atoms with E-state index in [4.69, 9.17) is 20.3 Å². The molecule has 0 aliphatic carbocycles. The molecule has 1 aromatic carbocycles. The number of aliphatic hydroxyl groups is 1. The van der Waals surface area contributed by atoms with Gasteiger partial charge < -0.3 is 20.3 Å². The van der Waals surface area contributed by atoms with Crippen molar-refractivity contribution in [1.29, 1.82) is 0 Å². The van der Waals surface area contributed by atoms with Crippen molar-refractivity contribution in [1.82, 2.24) is 0 Å². The van der Waals surface area contributed by atoms with E-state index >= 15 is 0 Å². The third kappa shape index (κ3) is 4.25. The Kier molecular flexibility index (Phi) is 6.00. The smallest absolute Gasteiger partial charge is 0.338 e. The molecule has 5 heteroatoms. The molecule has 1 aromatic rings. The molecule has 0 aliphatic rings. The van der Waals surface area contributed by atoms with Crippen molar-refractivity contribution in [2.75, 3.05) is 25.6 Å². The number of aliphatic hydroxyl groups excluding tert-OH is 1. The minimum atomic E-state index is -0.414. The van der Waals surface area contributed by atoms with Crippen molar-refractivity contribution in [3.8, 4) is 5.75 Å². The van der Waals surface area contributed by atoms with Crippen molar-refractivity contribution < 1.29 is 19.4 Å². The second-order valence-electron chi connectivity index (χ2n) is 3.75. The van der Waals surface area contributed by atoms with Crippen LogP contribution in [0.25, 0.3) is 0 Å². The molecule has 100 valence electrons. The predicted octanol–water partition coefficient (Wildman–Crippen LogP) is 1.60. The fourth-order valence-electron chi connectivity index (χ4n) is 1.42. The summed E-state index contributed by atoms with van der Waals surface area (Å²) >= 11 is 0. The van der Waals surface area contributed by atoms with Gasteiger partial charge in [-0.25, -0.2) is 4.79 Å². The van der Waals surface area contributed by atoms with Crippen LogP contribution in [-0.2, 0) is 4.74 Å². The van der Waals surface area contributed by atoms with E-state index in [1.54, 1.807) is 18.2 Å². The first-order valence-corrected chi connectivity index (χ1v) is 5.99. The third-order valence-electron chi connectivity index (χ3n) is 2.33. The first kappa shape index (κ1) is 14.3. The molecule has 0 unspecified atom stereocenters. The number of carbonyl (C=O) groups excluding carboxylic acids is 1. The minimum absolute atomic E-state index is 0.105. The van der Waals surface area contributed by atoms with E-state index in [2.05, 4.69) is 0 Å². The Hall–Kier alpha value is -1.75. The van der Waals surface area contributed by atoms with Gasteiger partial charge in [0, 0.05) is 6.61 Å². The van der Waals surface area contributed by atoms with Gasteiger partial charge in [-0.2, -0.15) is 0 Å². The van der Waals surface area contributed by atoms with Crippen molar-refractivity contribution in [2.45, 2.75) is 19.8 Å². The van der Waals surface area contributed by atoms with E-state index in [-0.39, 0.29) is 6.61 Å². The van der Waals surface area contributed by atoms with Crippen LogP contribution in [0.5, 0.6) is 5.75 Å².